The van der Waals surface area contributed by atoms with Crippen LogP contribution in [0.3, 0.4) is 0 Å². The maximum absolute atomic E-state index is 8.57. The normalized spacial score (nSPS) is 25.4. The quantitative estimate of drug-likeness (QED) is 0.291. The van der Waals surface area contributed by atoms with Gasteiger partial charge >= 0.3 is 0 Å². The van der Waals surface area contributed by atoms with Crippen LogP contribution in [0.25, 0.3) is 0 Å². The third-order valence-corrected chi connectivity index (χ3v) is 4.50. The number of nitrogens with two attached hydrogens (primary N) is 1. The van der Waals surface area contributed by atoms with E-state index in [9.17, 15) is 0 Å². The first-order chi connectivity index (χ1) is 7.27. The molecule has 0 aliphatic heterocycles. The standard InChI is InChI=1S/C12H25N3O/c1-6-8(7-9(13)15-16)14-10-11(2,3)12(10,4)5/h8,10,14,16H,6-7H2,1-5H3,(H2,13,15). The molecule has 4 N–H and O–H groups in total. The molecule has 1 aliphatic carbocycles. The topological polar surface area (TPSA) is 70.6 Å². The maximum Gasteiger partial charge on any atom is 0.140 e. The molecule has 0 amide bonds. The van der Waals surface area contributed by atoms with Gasteiger partial charge in [-0.1, -0.05) is 39.8 Å². The minimum Gasteiger partial charge on any atom is -0.409 e. The molecule has 1 atom stereocenters. The van der Waals surface area contributed by atoms with Gasteiger partial charge in [0.2, 0.25) is 0 Å². The molecule has 0 aromatic heterocycles. The van der Waals surface area contributed by atoms with Crippen molar-refractivity contribution in [3.63, 3.8) is 0 Å². The molecule has 0 aromatic rings. The zero-order valence-electron chi connectivity index (χ0n) is 11.0. The first-order valence-electron chi connectivity index (χ1n) is 5.99. The van der Waals surface area contributed by atoms with E-state index < -0.39 is 0 Å². The van der Waals surface area contributed by atoms with Crippen molar-refractivity contribution in [1.29, 1.82) is 0 Å². The molecule has 1 saturated carbocycles. The second-order valence-corrected chi connectivity index (χ2v) is 5.94. The lowest BCUT2D eigenvalue weighted by molar-refractivity contribution is 0.315. The summed E-state index contributed by atoms with van der Waals surface area (Å²) >= 11 is 0. The van der Waals surface area contributed by atoms with E-state index in [1.54, 1.807) is 0 Å². The van der Waals surface area contributed by atoms with Crippen molar-refractivity contribution < 1.29 is 5.21 Å². The Kier molecular flexibility index (Phi) is 3.53. The maximum atomic E-state index is 8.57. The van der Waals surface area contributed by atoms with Crippen molar-refractivity contribution in [3.05, 3.63) is 0 Å². The summed E-state index contributed by atoms with van der Waals surface area (Å²) in [6.45, 7) is 11.2. The second kappa shape index (κ2) is 4.24. The van der Waals surface area contributed by atoms with Gasteiger partial charge in [0.25, 0.3) is 0 Å². The average Bonchev–Trinajstić information content (AvgIpc) is 2.59. The molecule has 94 valence electrons. The lowest BCUT2D eigenvalue weighted by atomic mass is 10.0. The first kappa shape index (κ1) is 13.3. The summed E-state index contributed by atoms with van der Waals surface area (Å²) in [5.74, 6) is 0.301. The van der Waals surface area contributed by atoms with E-state index in [0.717, 1.165) is 6.42 Å². The average molecular weight is 227 g/mol. The van der Waals surface area contributed by atoms with Crippen LogP contribution in [0.1, 0.15) is 47.5 Å². The van der Waals surface area contributed by atoms with Gasteiger partial charge in [0.15, 0.2) is 0 Å². The summed E-state index contributed by atoms with van der Waals surface area (Å²) < 4.78 is 0. The predicted molar refractivity (Wildman–Crippen MR) is 66.6 cm³/mol. The van der Waals surface area contributed by atoms with Crippen molar-refractivity contribution in [3.8, 4) is 0 Å². The monoisotopic (exact) mass is 227 g/mol. The molecule has 1 rings (SSSR count). The van der Waals surface area contributed by atoms with Crippen molar-refractivity contribution in [2.45, 2.75) is 59.5 Å². The lowest BCUT2D eigenvalue weighted by Crippen LogP contribution is -2.37. The van der Waals surface area contributed by atoms with Crippen LogP contribution >= 0.6 is 0 Å². The molecule has 1 aliphatic rings. The van der Waals surface area contributed by atoms with Crippen LogP contribution in [0, 0.1) is 10.8 Å². The van der Waals surface area contributed by atoms with Crippen LogP contribution in [0.2, 0.25) is 0 Å². The fourth-order valence-corrected chi connectivity index (χ4v) is 2.46. The van der Waals surface area contributed by atoms with E-state index in [1.807, 2.05) is 0 Å². The number of nitrogens with one attached hydrogen (secondary N) is 1. The fraction of sp³-hybridized carbons (Fsp3) is 0.917. The molecule has 4 heteroatoms. The van der Waals surface area contributed by atoms with E-state index >= 15 is 0 Å². The van der Waals surface area contributed by atoms with Crippen molar-refractivity contribution in [2.24, 2.45) is 21.7 Å². The molecule has 0 heterocycles. The van der Waals surface area contributed by atoms with Gasteiger partial charge < -0.3 is 16.3 Å². The molecule has 0 bridgehead atoms. The molecular weight excluding hydrogens is 202 g/mol. The Hall–Kier alpha value is -0.770. The number of hydrogen-bond acceptors (Lipinski definition) is 3. The highest BCUT2D eigenvalue weighted by molar-refractivity contribution is 5.80. The number of hydrogen-bond donors (Lipinski definition) is 3. The summed E-state index contributed by atoms with van der Waals surface area (Å²) in [5, 5.41) is 15.2. The summed E-state index contributed by atoms with van der Waals surface area (Å²) in [4.78, 5) is 0. The highest BCUT2D eigenvalue weighted by Gasteiger charge is 2.64. The molecule has 4 nitrogen and oxygen atoms in total. The van der Waals surface area contributed by atoms with Gasteiger partial charge in [-0.2, -0.15) is 0 Å². The van der Waals surface area contributed by atoms with Gasteiger partial charge in [-0.05, 0) is 17.3 Å². The minimum absolute atomic E-state index is 0.293. The first-order valence-corrected chi connectivity index (χ1v) is 5.99. The van der Waals surface area contributed by atoms with Gasteiger partial charge in [0.1, 0.15) is 5.84 Å². The zero-order valence-corrected chi connectivity index (χ0v) is 11.0. The van der Waals surface area contributed by atoms with Crippen molar-refractivity contribution in [2.75, 3.05) is 0 Å². The van der Waals surface area contributed by atoms with Gasteiger partial charge in [-0.15, -0.1) is 0 Å². The number of nitrogens with zero attached hydrogens (tertiary/aromatic N) is 1. The van der Waals surface area contributed by atoms with Crippen LogP contribution in [0.15, 0.2) is 5.16 Å². The van der Waals surface area contributed by atoms with Crippen LogP contribution in [-0.2, 0) is 0 Å². The molecule has 0 radical (unpaired) electrons. The highest BCUT2D eigenvalue weighted by atomic mass is 16.4. The Labute approximate surface area is 98.3 Å². The summed E-state index contributed by atoms with van der Waals surface area (Å²) in [5.41, 5.74) is 6.19. The largest absolute Gasteiger partial charge is 0.409 e. The number of oxime groups is 1. The Bertz CT molecular complexity index is 270. The minimum atomic E-state index is 0.293. The molecule has 0 saturated heterocycles. The van der Waals surface area contributed by atoms with Crippen LogP contribution in [0.5, 0.6) is 0 Å². The predicted octanol–water partition coefficient (Wildman–Crippen LogP) is 1.93. The van der Waals surface area contributed by atoms with Crippen molar-refractivity contribution >= 4 is 5.84 Å². The fourth-order valence-electron chi connectivity index (χ4n) is 2.46. The Morgan fingerprint density at radius 2 is 1.88 bits per heavy atom. The summed E-state index contributed by atoms with van der Waals surface area (Å²) in [7, 11) is 0. The van der Waals surface area contributed by atoms with E-state index in [0.29, 0.717) is 35.2 Å². The van der Waals surface area contributed by atoms with Gasteiger partial charge in [-0.3, -0.25) is 0 Å². The van der Waals surface area contributed by atoms with Gasteiger partial charge in [0.05, 0.1) is 0 Å². The van der Waals surface area contributed by atoms with E-state index in [4.69, 9.17) is 10.9 Å². The Balaban J connectivity index is 2.54. The third kappa shape index (κ3) is 2.17. The van der Waals surface area contributed by atoms with Crippen LogP contribution < -0.4 is 11.1 Å². The number of amidine groups is 1. The summed E-state index contributed by atoms with van der Waals surface area (Å²) in [6, 6.07) is 0.804. The lowest BCUT2D eigenvalue weighted by Gasteiger charge is -2.17. The van der Waals surface area contributed by atoms with E-state index in [1.165, 1.54) is 0 Å². The Morgan fingerprint density at radius 1 is 1.38 bits per heavy atom. The smallest absolute Gasteiger partial charge is 0.140 e. The Morgan fingerprint density at radius 3 is 2.19 bits per heavy atom. The SMILES string of the molecule is CCC(CC(N)=NO)NC1C(C)(C)C1(C)C. The highest BCUT2D eigenvalue weighted by Crippen LogP contribution is 2.62. The van der Waals surface area contributed by atoms with Gasteiger partial charge in [0, 0.05) is 18.5 Å². The van der Waals surface area contributed by atoms with Crippen LogP contribution in [-0.4, -0.2) is 23.1 Å². The van der Waals surface area contributed by atoms with Gasteiger partial charge in [-0.25, -0.2) is 0 Å². The molecule has 1 fully saturated rings. The van der Waals surface area contributed by atoms with E-state index in [-0.39, 0.29) is 0 Å². The van der Waals surface area contributed by atoms with E-state index in [2.05, 4.69) is 45.1 Å². The van der Waals surface area contributed by atoms with Crippen molar-refractivity contribution in [1.82, 2.24) is 5.32 Å². The second-order valence-electron chi connectivity index (χ2n) is 5.94. The molecule has 0 spiro atoms. The van der Waals surface area contributed by atoms with Crippen LogP contribution in [0.4, 0.5) is 0 Å². The molecule has 1 unspecified atom stereocenters. The summed E-state index contributed by atoms with van der Waals surface area (Å²) in [6.07, 6.45) is 1.59. The number of rotatable bonds is 5. The third-order valence-electron chi connectivity index (χ3n) is 4.50. The molecule has 16 heavy (non-hydrogen) atoms. The zero-order chi connectivity index (χ0) is 12.6. The molecular formula is C12H25N3O. The molecule has 0 aromatic carbocycles.